The molecule has 0 unspecified atom stereocenters. The monoisotopic (exact) mass is 305 g/mol. The highest BCUT2D eigenvalue weighted by Gasteiger charge is 2.96. The quantitative estimate of drug-likeness (QED) is 0.498. The SMILES string of the molecule is CCCCC[C@H]1[C@]2(C#N)C(N)=[NH+]C(OCC)(OCC)[C@]12C#N. The highest BCUT2D eigenvalue weighted by molar-refractivity contribution is 5.93. The summed E-state index contributed by atoms with van der Waals surface area (Å²) in [5.74, 6) is -1.16. The van der Waals surface area contributed by atoms with Gasteiger partial charge in [0.1, 0.15) is 0 Å². The van der Waals surface area contributed by atoms with Gasteiger partial charge in [0.25, 0.3) is 5.84 Å². The zero-order chi connectivity index (χ0) is 16.4. The Bertz CT molecular complexity index is 541. The normalized spacial score (nSPS) is 34.4. The number of nitrogens with two attached hydrogens (primary N) is 1. The van der Waals surface area contributed by atoms with E-state index in [4.69, 9.17) is 15.2 Å². The van der Waals surface area contributed by atoms with Crippen molar-refractivity contribution in [3.05, 3.63) is 0 Å². The van der Waals surface area contributed by atoms with Crippen LogP contribution in [0.2, 0.25) is 0 Å². The number of fused-ring (bicyclic) bond motifs is 1. The van der Waals surface area contributed by atoms with Crippen molar-refractivity contribution < 1.29 is 14.5 Å². The molecule has 3 N–H and O–H groups in total. The number of nitrogens with one attached hydrogen (secondary N) is 1. The Morgan fingerprint density at radius 3 is 2.23 bits per heavy atom. The fourth-order valence-corrected chi connectivity index (χ4v) is 4.06. The van der Waals surface area contributed by atoms with Crippen LogP contribution in [0.5, 0.6) is 0 Å². The summed E-state index contributed by atoms with van der Waals surface area (Å²) in [5.41, 5.74) is 4.04. The smallest absolute Gasteiger partial charge is 0.314 e. The van der Waals surface area contributed by atoms with Gasteiger partial charge in [-0.15, -0.1) is 0 Å². The summed E-state index contributed by atoms with van der Waals surface area (Å²) in [6.45, 7) is 6.54. The second-order valence-corrected chi connectivity index (χ2v) is 5.91. The predicted molar refractivity (Wildman–Crippen MR) is 79.9 cm³/mol. The number of nitriles is 2. The Balaban J connectivity index is 2.44. The van der Waals surface area contributed by atoms with Crippen molar-refractivity contribution in [3.8, 4) is 12.1 Å². The number of unbranched alkanes of at least 4 members (excludes halogenated alkanes) is 2. The first-order chi connectivity index (χ1) is 10.6. The number of ether oxygens (including phenoxy) is 2. The Morgan fingerprint density at radius 2 is 1.77 bits per heavy atom. The van der Waals surface area contributed by atoms with Crippen LogP contribution in [0.25, 0.3) is 0 Å². The van der Waals surface area contributed by atoms with Crippen molar-refractivity contribution in [2.45, 2.75) is 52.4 Å². The molecular formula is C16H25N4O2+. The van der Waals surface area contributed by atoms with Gasteiger partial charge in [-0.1, -0.05) is 26.2 Å². The highest BCUT2D eigenvalue weighted by atomic mass is 16.7. The molecule has 120 valence electrons. The minimum atomic E-state index is -1.32. The van der Waals surface area contributed by atoms with E-state index in [2.05, 4.69) is 24.1 Å². The molecule has 6 heteroatoms. The number of rotatable bonds is 8. The lowest BCUT2D eigenvalue weighted by Gasteiger charge is -2.29. The number of nitrogens with zero attached hydrogens (tertiary/aromatic N) is 2. The Morgan fingerprint density at radius 1 is 1.14 bits per heavy atom. The van der Waals surface area contributed by atoms with Gasteiger partial charge in [-0.25, -0.2) is 4.99 Å². The summed E-state index contributed by atoms with van der Waals surface area (Å²) in [4.78, 5) is 2.98. The van der Waals surface area contributed by atoms with E-state index in [1.165, 1.54) is 0 Å². The van der Waals surface area contributed by atoms with E-state index in [0.29, 0.717) is 19.0 Å². The van der Waals surface area contributed by atoms with Crippen LogP contribution in [0.15, 0.2) is 0 Å². The van der Waals surface area contributed by atoms with Crippen molar-refractivity contribution in [1.29, 1.82) is 10.5 Å². The molecule has 22 heavy (non-hydrogen) atoms. The van der Waals surface area contributed by atoms with Crippen molar-refractivity contribution in [2.24, 2.45) is 22.5 Å². The van der Waals surface area contributed by atoms with Crippen LogP contribution < -0.4 is 10.7 Å². The Kier molecular flexibility index (Phi) is 4.47. The van der Waals surface area contributed by atoms with Gasteiger partial charge in [-0.05, 0) is 20.3 Å². The van der Waals surface area contributed by atoms with Crippen LogP contribution in [0.1, 0.15) is 46.5 Å². The first kappa shape index (κ1) is 16.7. The van der Waals surface area contributed by atoms with Gasteiger partial charge < -0.3 is 9.47 Å². The average molecular weight is 305 g/mol. The molecule has 0 bridgehead atoms. The zero-order valence-electron chi connectivity index (χ0n) is 13.6. The summed E-state index contributed by atoms with van der Waals surface area (Å²) in [7, 11) is 0. The van der Waals surface area contributed by atoms with Crippen LogP contribution in [0, 0.1) is 39.4 Å². The third kappa shape index (κ3) is 1.74. The van der Waals surface area contributed by atoms with Gasteiger partial charge >= 0.3 is 5.91 Å². The molecule has 6 nitrogen and oxygen atoms in total. The van der Waals surface area contributed by atoms with Crippen LogP contribution >= 0.6 is 0 Å². The molecule has 1 aliphatic heterocycles. The summed E-state index contributed by atoms with van der Waals surface area (Å²) < 4.78 is 11.6. The number of hydrogen-bond acceptors (Lipinski definition) is 5. The van der Waals surface area contributed by atoms with Crippen molar-refractivity contribution in [2.75, 3.05) is 13.2 Å². The molecule has 0 saturated heterocycles. The highest BCUT2D eigenvalue weighted by Crippen LogP contribution is 2.75. The summed E-state index contributed by atoms with van der Waals surface area (Å²) in [5, 5.41) is 19.7. The van der Waals surface area contributed by atoms with E-state index in [1.807, 2.05) is 13.8 Å². The molecule has 2 aliphatic rings. The first-order valence-corrected chi connectivity index (χ1v) is 8.08. The standard InChI is InChI=1S/C16H24N4O2/c1-4-7-8-9-12-14(10-17)13(19)20-16(21-5-2,22-6-3)15(12,14)11-18/h12H,4-9H2,1-3H3,(H2,19,20)/p+1/t12-,14+,15+/m0/s1. The van der Waals surface area contributed by atoms with Crippen LogP contribution in [0.3, 0.4) is 0 Å². The maximum atomic E-state index is 9.93. The molecule has 0 aromatic carbocycles. The lowest BCUT2D eigenvalue weighted by Crippen LogP contribution is -2.91. The van der Waals surface area contributed by atoms with E-state index in [1.54, 1.807) is 0 Å². The lowest BCUT2D eigenvalue weighted by atomic mass is 9.93. The van der Waals surface area contributed by atoms with Crippen LogP contribution in [-0.4, -0.2) is 25.0 Å². The van der Waals surface area contributed by atoms with Gasteiger partial charge in [-0.3, -0.25) is 5.73 Å². The largest absolute Gasteiger partial charge is 0.342 e. The van der Waals surface area contributed by atoms with Crippen LogP contribution in [0.4, 0.5) is 0 Å². The molecule has 3 atom stereocenters. The average Bonchev–Trinajstić information content (AvgIpc) is 3.04. The second-order valence-electron chi connectivity index (χ2n) is 5.91. The summed E-state index contributed by atoms with van der Waals surface area (Å²) in [6.07, 6.45) is 3.91. The number of hydrogen-bond donors (Lipinski definition) is 2. The Hall–Kier alpha value is -1.63. The van der Waals surface area contributed by atoms with Gasteiger partial charge in [0.05, 0.1) is 25.4 Å². The number of amidine groups is 1. The fraction of sp³-hybridized carbons (Fsp3) is 0.812. The molecule has 0 aromatic heterocycles. The van der Waals surface area contributed by atoms with Gasteiger partial charge in [-0.2, -0.15) is 10.5 Å². The van der Waals surface area contributed by atoms with Gasteiger partial charge in [0.2, 0.25) is 0 Å². The maximum absolute atomic E-state index is 9.93. The molecule has 0 amide bonds. The second kappa shape index (κ2) is 5.87. The zero-order valence-corrected chi connectivity index (χ0v) is 13.6. The minimum absolute atomic E-state index is 0.152. The molecule has 0 spiro atoms. The van der Waals surface area contributed by atoms with Crippen molar-refractivity contribution in [3.63, 3.8) is 0 Å². The van der Waals surface area contributed by atoms with E-state index in [9.17, 15) is 10.5 Å². The Labute approximate surface area is 131 Å². The van der Waals surface area contributed by atoms with Crippen molar-refractivity contribution in [1.82, 2.24) is 0 Å². The molecule has 1 aliphatic carbocycles. The predicted octanol–water partition coefficient (Wildman–Crippen LogP) is 0.395. The molecule has 1 fully saturated rings. The summed E-state index contributed by atoms with van der Waals surface area (Å²) in [6, 6.07) is 4.64. The van der Waals surface area contributed by atoms with E-state index in [0.717, 1.165) is 25.7 Å². The van der Waals surface area contributed by atoms with Crippen molar-refractivity contribution >= 4 is 5.84 Å². The molecular weight excluding hydrogens is 280 g/mol. The van der Waals surface area contributed by atoms with Gasteiger partial charge in [0, 0.05) is 5.92 Å². The first-order valence-electron chi connectivity index (χ1n) is 8.08. The topological polar surface area (TPSA) is 106 Å². The molecule has 1 heterocycles. The molecule has 2 rings (SSSR count). The summed E-state index contributed by atoms with van der Waals surface area (Å²) >= 11 is 0. The van der Waals surface area contributed by atoms with Crippen LogP contribution in [-0.2, 0) is 9.47 Å². The maximum Gasteiger partial charge on any atom is 0.342 e. The molecule has 0 radical (unpaired) electrons. The van der Waals surface area contributed by atoms with Gasteiger partial charge in [0.15, 0.2) is 10.8 Å². The minimum Gasteiger partial charge on any atom is -0.314 e. The molecule has 0 aromatic rings. The van der Waals surface area contributed by atoms with E-state index < -0.39 is 16.7 Å². The third-order valence-corrected chi connectivity index (χ3v) is 4.97. The van der Waals surface area contributed by atoms with E-state index in [-0.39, 0.29) is 5.92 Å². The van der Waals surface area contributed by atoms with E-state index >= 15 is 0 Å². The third-order valence-electron chi connectivity index (χ3n) is 4.97. The fourth-order valence-electron chi connectivity index (χ4n) is 4.06. The lowest BCUT2D eigenvalue weighted by molar-refractivity contribution is -0.693. The molecule has 1 saturated carbocycles.